The normalized spacial score (nSPS) is 38.6. The van der Waals surface area contributed by atoms with Gasteiger partial charge in [0.05, 0.1) is 48.5 Å². The van der Waals surface area contributed by atoms with Crippen molar-refractivity contribution < 1.29 is 58.2 Å². The largest absolute Gasteiger partial charge is 0.395 e. The lowest BCUT2D eigenvalue weighted by molar-refractivity contribution is -0.296. The third-order valence-electron chi connectivity index (χ3n) is 5.72. The molecule has 1 aromatic rings. The highest BCUT2D eigenvalue weighted by Crippen LogP contribution is 2.23. The molecule has 3 rings (SSSR count). The third-order valence-corrected chi connectivity index (χ3v) is 6.58. The minimum absolute atomic E-state index is 0.0666. The van der Waals surface area contributed by atoms with E-state index in [2.05, 4.69) is 5.32 Å². The van der Waals surface area contributed by atoms with Gasteiger partial charge in [0, 0.05) is 0 Å². The van der Waals surface area contributed by atoms with Gasteiger partial charge in [-0.2, -0.15) is 8.42 Å². The minimum Gasteiger partial charge on any atom is -0.395 e. The maximum atomic E-state index is 10.5. The fourth-order valence-corrected chi connectivity index (χ4v) is 4.00. The van der Waals surface area contributed by atoms with Crippen molar-refractivity contribution in [1.29, 1.82) is 0 Å². The van der Waals surface area contributed by atoms with E-state index in [9.17, 15) is 39.1 Å². The van der Waals surface area contributed by atoms with E-state index in [0.717, 1.165) is 5.56 Å². The van der Waals surface area contributed by atoms with Gasteiger partial charge in [0.25, 0.3) is 10.1 Å². The van der Waals surface area contributed by atoms with Crippen LogP contribution in [0.4, 0.5) is 0 Å². The number of aliphatic hydroxyl groups excluding tert-OH is 7. The molecule has 9 N–H and O–H groups in total. The highest BCUT2D eigenvalue weighted by Gasteiger charge is 2.45. The molecular weight excluding hydrogens is 478 g/mol. The lowest BCUT2D eigenvalue weighted by Crippen LogP contribution is -2.67. The summed E-state index contributed by atoms with van der Waals surface area (Å²) >= 11 is 0. The Morgan fingerprint density at radius 2 is 1.41 bits per heavy atom. The van der Waals surface area contributed by atoms with E-state index in [4.69, 9.17) is 19.1 Å². The molecule has 0 unspecified atom stereocenters. The Labute approximate surface area is 196 Å². The Morgan fingerprint density at radius 1 is 0.882 bits per heavy atom. The summed E-state index contributed by atoms with van der Waals surface area (Å²) in [5, 5.41) is 70.4. The van der Waals surface area contributed by atoms with E-state index >= 15 is 0 Å². The van der Waals surface area contributed by atoms with Crippen LogP contribution in [0.2, 0.25) is 0 Å². The highest BCUT2D eigenvalue weighted by molar-refractivity contribution is 7.85. The number of hydrogen-bond acceptors (Lipinski definition) is 12. The number of rotatable bonds is 5. The first-order valence-electron chi connectivity index (χ1n) is 10.5. The van der Waals surface area contributed by atoms with E-state index in [1.54, 1.807) is 12.1 Å². The number of piperidine rings is 1. The Hall–Kier alpha value is -1.27. The number of ether oxygens (including phenoxy) is 2. The van der Waals surface area contributed by atoms with Crippen LogP contribution < -0.4 is 5.32 Å². The number of aryl methyl sites for hydroxylation is 1. The van der Waals surface area contributed by atoms with Gasteiger partial charge in [-0.05, 0) is 26.0 Å². The summed E-state index contributed by atoms with van der Waals surface area (Å²) in [6.07, 6.45) is -10.3. The molecule has 13 nitrogen and oxygen atoms in total. The minimum atomic E-state index is -4.02. The molecule has 0 radical (unpaired) electrons. The number of aliphatic hydroxyl groups is 7. The first-order valence-corrected chi connectivity index (χ1v) is 12.0. The Kier molecular flexibility index (Phi) is 10.3. The zero-order chi connectivity index (χ0) is 25.8. The maximum absolute atomic E-state index is 10.5. The predicted octanol–water partition coefficient (Wildman–Crippen LogP) is -3.51. The number of benzene rings is 1. The van der Waals surface area contributed by atoms with Crippen molar-refractivity contribution >= 4 is 10.1 Å². The fourth-order valence-electron chi connectivity index (χ4n) is 3.52. The molecule has 2 aliphatic rings. The van der Waals surface area contributed by atoms with Gasteiger partial charge < -0.3 is 50.5 Å². The highest BCUT2D eigenvalue weighted by atomic mass is 32.2. The summed E-state index contributed by atoms with van der Waals surface area (Å²) in [6, 6.07) is 4.31. The average molecular weight is 512 g/mol. The second kappa shape index (κ2) is 12.1. The molecule has 0 aliphatic carbocycles. The second-order valence-corrected chi connectivity index (χ2v) is 9.76. The van der Waals surface area contributed by atoms with Gasteiger partial charge in [-0.1, -0.05) is 17.7 Å². The van der Waals surface area contributed by atoms with Gasteiger partial charge in [-0.3, -0.25) is 4.55 Å². The molecule has 2 saturated heterocycles. The smallest absolute Gasteiger partial charge is 0.294 e. The molecule has 10 atom stereocenters. The summed E-state index contributed by atoms with van der Waals surface area (Å²) in [4.78, 5) is -0.0666. The Bertz CT molecular complexity index is 867. The maximum Gasteiger partial charge on any atom is 0.294 e. The van der Waals surface area contributed by atoms with Crippen LogP contribution in [0.5, 0.6) is 0 Å². The molecule has 14 heteroatoms. The van der Waals surface area contributed by atoms with Gasteiger partial charge in [0.15, 0.2) is 6.29 Å². The second-order valence-electron chi connectivity index (χ2n) is 8.34. The molecule has 0 amide bonds. The molecule has 0 bridgehead atoms. The quantitative estimate of drug-likeness (QED) is 0.175. The zero-order valence-electron chi connectivity index (χ0n) is 18.6. The topological polar surface area (TPSA) is 226 Å². The molecule has 34 heavy (non-hydrogen) atoms. The van der Waals surface area contributed by atoms with Crippen LogP contribution in [0.1, 0.15) is 12.5 Å². The summed E-state index contributed by atoms with van der Waals surface area (Å²) in [6.45, 7) is 2.67. The van der Waals surface area contributed by atoms with E-state index in [1.165, 1.54) is 19.1 Å². The van der Waals surface area contributed by atoms with Crippen molar-refractivity contribution in [2.75, 3.05) is 13.2 Å². The first-order chi connectivity index (χ1) is 15.8. The molecule has 2 heterocycles. The molecule has 2 aliphatic heterocycles. The molecule has 0 aromatic heterocycles. The van der Waals surface area contributed by atoms with E-state index < -0.39 is 77.8 Å². The van der Waals surface area contributed by atoms with Crippen molar-refractivity contribution in [3.8, 4) is 0 Å². The molecule has 196 valence electrons. The van der Waals surface area contributed by atoms with Gasteiger partial charge in [-0.25, -0.2) is 0 Å². The van der Waals surface area contributed by atoms with Crippen LogP contribution >= 0.6 is 0 Å². The van der Waals surface area contributed by atoms with Gasteiger partial charge >= 0.3 is 0 Å². The van der Waals surface area contributed by atoms with E-state index in [-0.39, 0.29) is 11.5 Å². The van der Waals surface area contributed by atoms with Gasteiger partial charge in [-0.15, -0.1) is 0 Å². The molecule has 0 saturated carbocycles. The SMILES string of the molecule is C[C@H]1O[C@@H](OC[C@H]2N[C@H](CO)[C@@H](O)[C@H](O)[C@H]2O)[C@H](O)[C@@H](O)[C@H]1O.Cc1ccc(S(=O)(=O)O)cc1. The molecule has 0 spiro atoms. The summed E-state index contributed by atoms with van der Waals surface area (Å²) in [5.41, 5.74) is 0.956. The van der Waals surface area contributed by atoms with Crippen molar-refractivity contribution in [3.63, 3.8) is 0 Å². The molecule has 1 aromatic carbocycles. The van der Waals surface area contributed by atoms with Gasteiger partial charge in [0.1, 0.15) is 24.4 Å². The first kappa shape index (κ1) is 29.0. The lowest BCUT2D eigenvalue weighted by Gasteiger charge is -2.43. The van der Waals surface area contributed by atoms with Crippen LogP contribution in [-0.2, 0) is 19.6 Å². The van der Waals surface area contributed by atoms with E-state index in [1.807, 2.05) is 6.92 Å². The van der Waals surface area contributed by atoms with E-state index in [0.29, 0.717) is 0 Å². The summed E-state index contributed by atoms with van der Waals surface area (Å²) < 4.78 is 40.1. The van der Waals surface area contributed by atoms with Gasteiger partial charge in [0.2, 0.25) is 0 Å². The van der Waals surface area contributed by atoms with Crippen LogP contribution in [0.25, 0.3) is 0 Å². The number of nitrogens with one attached hydrogen (secondary N) is 1. The number of hydrogen-bond donors (Lipinski definition) is 9. The van der Waals surface area contributed by atoms with Crippen LogP contribution in [0.15, 0.2) is 29.2 Å². The fraction of sp³-hybridized carbons (Fsp3) is 0.700. The molecule has 2 fully saturated rings. The van der Waals surface area contributed by atoms with Crippen LogP contribution in [-0.4, -0.2) is 123 Å². The van der Waals surface area contributed by atoms with Crippen molar-refractivity contribution in [1.82, 2.24) is 5.32 Å². The van der Waals surface area contributed by atoms with Crippen LogP contribution in [0.3, 0.4) is 0 Å². The van der Waals surface area contributed by atoms with Crippen molar-refractivity contribution in [2.45, 2.75) is 79.8 Å². The standard InChI is InChI=1S/C13H25NO9.C7H8O3S/c1-4-7(16)10(19)12(21)13(23-4)22-3-6-9(18)11(20)8(17)5(2-15)14-6;1-6-2-4-7(5-3-6)11(8,9)10/h4-21H,2-3H2,1H3;2-5H,1H3,(H,8,9,10)/t4-,5-,6-,7+,8-,9+,10+,11+,12-,13-;/m1./s1. The summed E-state index contributed by atoms with van der Waals surface area (Å²) in [7, 11) is -4.02. The Morgan fingerprint density at radius 3 is 1.94 bits per heavy atom. The van der Waals surface area contributed by atoms with Crippen LogP contribution in [0, 0.1) is 6.92 Å². The van der Waals surface area contributed by atoms with Crippen molar-refractivity contribution in [3.05, 3.63) is 29.8 Å². The lowest BCUT2D eigenvalue weighted by atomic mass is 9.91. The zero-order valence-corrected chi connectivity index (χ0v) is 19.4. The average Bonchev–Trinajstić information content (AvgIpc) is 2.79. The molecular formula is C20H33NO12S. The Balaban J connectivity index is 0.000000310. The van der Waals surface area contributed by atoms with Crippen molar-refractivity contribution in [2.24, 2.45) is 0 Å². The monoisotopic (exact) mass is 511 g/mol. The summed E-state index contributed by atoms with van der Waals surface area (Å²) in [5.74, 6) is 0. The predicted molar refractivity (Wildman–Crippen MR) is 115 cm³/mol. The third kappa shape index (κ3) is 7.13.